The van der Waals surface area contributed by atoms with E-state index in [0.29, 0.717) is 17.0 Å². The van der Waals surface area contributed by atoms with Crippen LogP contribution >= 0.6 is 0 Å². The Labute approximate surface area is 114 Å². The molecular weight excluding hydrogens is 238 g/mol. The zero-order valence-electron chi connectivity index (χ0n) is 11.4. The Balaban J connectivity index is 2.30. The van der Waals surface area contributed by atoms with Crippen LogP contribution in [0.1, 0.15) is 34.8 Å². The van der Waals surface area contributed by atoms with E-state index in [-0.39, 0.29) is 12.5 Å². The molecule has 1 unspecified atom stereocenters. The van der Waals surface area contributed by atoms with Crippen LogP contribution < -0.4 is 0 Å². The predicted octanol–water partition coefficient (Wildman–Crippen LogP) is 1.82. The van der Waals surface area contributed by atoms with E-state index in [1.807, 2.05) is 30.0 Å². The van der Waals surface area contributed by atoms with Crippen LogP contribution in [-0.4, -0.2) is 35.6 Å². The van der Waals surface area contributed by atoms with Crippen LogP contribution in [0.25, 0.3) is 0 Å². The predicted molar refractivity (Wildman–Crippen MR) is 74.8 cm³/mol. The summed E-state index contributed by atoms with van der Waals surface area (Å²) in [5.41, 5.74) is 2.41. The number of rotatable bonds is 1. The highest BCUT2D eigenvalue weighted by Gasteiger charge is 2.25. The molecule has 1 N–H and O–H groups in total. The largest absolute Gasteiger partial charge is 0.384 e. The van der Waals surface area contributed by atoms with E-state index >= 15 is 0 Å². The van der Waals surface area contributed by atoms with Gasteiger partial charge >= 0.3 is 0 Å². The number of carbonyl (C=O) groups excluding carboxylic acids is 1. The molecule has 1 amide bonds. The van der Waals surface area contributed by atoms with E-state index in [1.165, 1.54) is 0 Å². The van der Waals surface area contributed by atoms with Crippen molar-refractivity contribution in [3.05, 3.63) is 34.9 Å². The first-order valence-electron chi connectivity index (χ1n) is 6.61. The second-order valence-corrected chi connectivity index (χ2v) is 5.15. The second kappa shape index (κ2) is 5.90. The highest BCUT2D eigenvalue weighted by atomic mass is 16.2. The van der Waals surface area contributed by atoms with Gasteiger partial charge in [-0.2, -0.15) is 0 Å². The third kappa shape index (κ3) is 3.15. The zero-order valence-corrected chi connectivity index (χ0v) is 11.4. The summed E-state index contributed by atoms with van der Waals surface area (Å²) >= 11 is 0. The van der Waals surface area contributed by atoms with Crippen LogP contribution in [0.3, 0.4) is 0 Å². The number of benzene rings is 1. The summed E-state index contributed by atoms with van der Waals surface area (Å²) in [6, 6.07) is 5.66. The van der Waals surface area contributed by atoms with Crippen LogP contribution in [0.2, 0.25) is 0 Å². The highest BCUT2D eigenvalue weighted by Crippen LogP contribution is 2.20. The number of amides is 1. The summed E-state index contributed by atoms with van der Waals surface area (Å²) in [4.78, 5) is 14.4. The SMILES string of the molecule is Cc1ccc(C(=O)N2CCC(C)C2)c(C#CCO)c1. The van der Waals surface area contributed by atoms with Crippen LogP contribution in [0.5, 0.6) is 0 Å². The van der Waals surface area contributed by atoms with Crippen molar-refractivity contribution in [2.24, 2.45) is 5.92 Å². The Morgan fingerprint density at radius 2 is 2.32 bits per heavy atom. The van der Waals surface area contributed by atoms with Gasteiger partial charge < -0.3 is 10.0 Å². The smallest absolute Gasteiger partial charge is 0.255 e. The number of aliphatic hydroxyl groups is 1. The molecule has 1 saturated heterocycles. The Bertz CT molecular complexity index is 539. The first-order chi connectivity index (χ1) is 9.11. The number of likely N-dealkylation sites (tertiary alicyclic amines) is 1. The lowest BCUT2D eigenvalue weighted by Crippen LogP contribution is -2.29. The third-order valence-electron chi connectivity index (χ3n) is 3.42. The van der Waals surface area contributed by atoms with Crippen LogP contribution in [0, 0.1) is 24.7 Å². The summed E-state index contributed by atoms with van der Waals surface area (Å²) in [5, 5.41) is 8.80. The molecule has 3 nitrogen and oxygen atoms in total. The third-order valence-corrected chi connectivity index (χ3v) is 3.42. The Kier molecular flexibility index (Phi) is 4.24. The maximum absolute atomic E-state index is 12.5. The molecule has 0 spiro atoms. The lowest BCUT2D eigenvalue weighted by atomic mass is 10.0. The van der Waals surface area contributed by atoms with E-state index in [2.05, 4.69) is 18.8 Å². The summed E-state index contributed by atoms with van der Waals surface area (Å²) in [7, 11) is 0. The molecule has 0 saturated carbocycles. The van der Waals surface area contributed by atoms with E-state index < -0.39 is 0 Å². The molecule has 1 aliphatic heterocycles. The van der Waals surface area contributed by atoms with Crippen molar-refractivity contribution in [2.45, 2.75) is 20.3 Å². The van der Waals surface area contributed by atoms with Gasteiger partial charge in [-0.15, -0.1) is 0 Å². The van der Waals surface area contributed by atoms with Crippen molar-refractivity contribution in [3.8, 4) is 11.8 Å². The van der Waals surface area contributed by atoms with Crippen molar-refractivity contribution >= 4 is 5.91 Å². The Morgan fingerprint density at radius 3 is 2.95 bits per heavy atom. The molecule has 0 bridgehead atoms. The maximum atomic E-state index is 12.5. The molecule has 19 heavy (non-hydrogen) atoms. The normalized spacial score (nSPS) is 18.1. The molecule has 0 aromatic heterocycles. The number of hydrogen-bond acceptors (Lipinski definition) is 2. The van der Waals surface area contributed by atoms with Gasteiger partial charge in [0.05, 0.1) is 5.56 Å². The van der Waals surface area contributed by atoms with Crippen molar-refractivity contribution < 1.29 is 9.90 Å². The minimum Gasteiger partial charge on any atom is -0.384 e. The average Bonchev–Trinajstić information content (AvgIpc) is 2.82. The standard InChI is InChI=1S/C16H19NO2/c1-12-5-6-15(14(10-12)4-3-9-18)16(19)17-8-7-13(2)11-17/h5-6,10,13,18H,7-9,11H2,1-2H3. The molecule has 0 radical (unpaired) electrons. The van der Waals surface area contributed by atoms with Crippen LogP contribution in [0.4, 0.5) is 0 Å². The van der Waals surface area contributed by atoms with Gasteiger partial charge in [0.2, 0.25) is 0 Å². The second-order valence-electron chi connectivity index (χ2n) is 5.15. The van der Waals surface area contributed by atoms with E-state index in [9.17, 15) is 4.79 Å². The highest BCUT2D eigenvalue weighted by molar-refractivity contribution is 5.97. The number of hydrogen-bond donors (Lipinski definition) is 1. The van der Waals surface area contributed by atoms with E-state index in [4.69, 9.17) is 5.11 Å². The zero-order chi connectivity index (χ0) is 13.8. The molecule has 1 aliphatic rings. The fourth-order valence-corrected chi connectivity index (χ4v) is 2.37. The Morgan fingerprint density at radius 1 is 1.53 bits per heavy atom. The van der Waals surface area contributed by atoms with Gasteiger partial charge in [0.1, 0.15) is 6.61 Å². The first-order valence-corrected chi connectivity index (χ1v) is 6.61. The minimum atomic E-state index is -0.192. The van der Waals surface area contributed by atoms with Gasteiger partial charge in [-0.05, 0) is 37.0 Å². The summed E-state index contributed by atoms with van der Waals surface area (Å²) < 4.78 is 0. The van der Waals surface area contributed by atoms with Gasteiger partial charge in [0.25, 0.3) is 5.91 Å². The molecule has 1 heterocycles. The summed E-state index contributed by atoms with van der Waals surface area (Å²) in [6.07, 6.45) is 1.06. The van der Waals surface area contributed by atoms with Gasteiger partial charge in [-0.25, -0.2) is 0 Å². The van der Waals surface area contributed by atoms with E-state index in [0.717, 1.165) is 25.1 Å². The molecule has 1 aromatic carbocycles. The quantitative estimate of drug-likeness (QED) is 0.780. The molecule has 0 aliphatic carbocycles. The molecule has 1 atom stereocenters. The molecular formula is C16H19NO2. The van der Waals surface area contributed by atoms with Gasteiger partial charge in [-0.1, -0.05) is 24.8 Å². The van der Waals surface area contributed by atoms with Gasteiger partial charge in [0, 0.05) is 18.7 Å². The van der Waals surface area contributed by atoms with Crippen molar-refractivity contribution in [2.75, 3.05) is 19.7 Å². The van der Waals surface area contributed by atoms with Crippen molar-refractivity contribution in [1.82, 2.24) is 4.90 Å². The first kappa shape index (κ1) is 13.6. The van der Waals surface area contributed by atoms with Crippen molar-refractivity contribution in [3.63, 3.8) is 0 Å². The molecule has 1 aromatic rings. The number of aliphatic hydroxyl groups excluding tert-OH is 1. The van der Waals surface area contributed by atoms with Crippen LogP contribution in [-0.2, 0) is 0 Å². The molecule has 3 heteroatoms. The molecule has 100 valence electrons. The fraction of sp³-hybridized carbons (Fsp3) is 0.438. The number of nitrogens with zero attached hydrogens (tertiary/aromatic N) is 1. The lowest BCUT2D eigenvalue weighted by molar-refractivity contribution is 0.0788. The fourth-order valence-electron chi connectivity index (χ4n) is 2.37. The minimum absolute atomic E-state index is 0.0478. The average molecular weight is 257 g/mol. The number of aryl methyl sites for hydroxylation is 1. The van der Waals surface area contributed by atoms with Gasteiger partial charge in [0.15, 0.2) is 0 Å². The molecule has 1 fully saturated rings. The Hall–Kier alpha value is -1.79. The number of carbonyl (C=O) groups is 1. The summed E-state index contributed by atoms with van der Waals surface area (Å²) in [6.45, 7) is 5.58. The molecule has 2 rings (SSSR count). The monoisotopic (exact) mass is 257 g/mol. The lowest BCUT2D eigenvalue weighted by Gasteiger charge is -2.17. The van der Waals surface area contributed by atoms with Gasteiger partial charge in [-0.3, -0.25) is 4.79 Å². The topological polar surface area (TPSA) is 40.5 Å². The van der Waals surface area contributed by atoms with Crippen LogP contribution in [0.15, 0.2) is 18.2 Å². The maximum Gasteiger partial charge on any atom is 0.255 e. The van der Waals surface area contributed by atoms with E-state index in [1.54, 1.807) is 0 Å². The summed E-state index contributed by atoms with van der Waals surface area (Å²) in [5.74, 6) is 6.11. The van der Waals surface area contributed by atoms with Crippen molar-refractivity contribution in [1.29, 1.82) is 0 Å².